The zero-order chi connectivity index (χ0) is 13.9. The Hall–Kier alpha value is -0.470. The van der Waals surface area contributed by atoms with Gasteiger partial charge >= 0.3 is 0 Å². The number of sulfonamides is 1. The van der Waals surface area contributed by atoms with E-state index in [1.807, 2.05) is 7.05 Å². The molecule has 2 rings (SSSR count). The van der Waals surface area contributed by atoms with E-state index >= 15 is 0 Å². The largest absolute Gasteiger partial charge is 0.381 e. The lowest BCUT2D eigenvalue weighted by atomic mass is 10.3. The standard InChI is InChI=1S/C12H20N2O3S2/c1-13-7-11-6-12(8-18-11)19(15,16)14-9-3-4-10(5-9)17-2/h6,8-10,13-14H,3-5,7H2,1-2H3. The zero-order valence-corrected chi connectivity index (χ0v) is 12.8. The van der Waals surface area contributed by atoms with E-state index in [-0.39, 0.29) is 12.1 Å². The smallest absolute Gasteiger partial charge is 0.241 e. The monoisotopic (exact) mass is 304 g/mol. The van der Waals surface area contributed by atoms with Crippen LogP contribution in [-0.2, 0) is 21.3 Å². The predicted molar refractivity (Wildman–Crippen MR) is 75.8 cm³/mol. The van der Waals surface area contributed by atoms with Gasteiger partial charge in [-0.3, -0.25) is 0 Å². The SMILES string of the molecule is CNCc1cc(S(=O)(=O)NC2CCC(OC)C2)cs1. The van der Waals surface area contributed by atoms with Gasteiger partial charge < -0.3 is 10.1 Å². The first-order valence-electron chi connectivity index (χ1n) is 6.32. The van der Waals surface area contributed by atoms with Gasteiger partial charge in [0.15, 0.2) is 0 Å². The van der Waals surface area contributed by atoms with Crippen molar-refractivity contribution in [1.82, 2.24) is 10.0 Å². The van der Waals surface area contributed by atoms with Crippen LogP contribution in [-0.4, -0.2) is 34.7 Å². The van der Waals surface area contributed by atoms with E-state index in [9.17, 15) is 8.42 Å². The molecule has 1 fully saturated rings. The van der Waals surface area contributed by atoms with Crippen LogP contribution in [0.2, 0.25) is 0 Å². The fourth-order valence-corrected chi connectivity index (χ4v) is 4.89. The molecule has 0 amide bonds. The van der Waals surface area contributed by atoms with Crippen LogP contribution in [0.4, 0.5) is 0 Å². The first kappa shape index (κ1) is 14.9. The maximum atomic E-state index is 12.2. The Morgan fingerprint density at radius 1 is 1.47 bits per heavy atom. The number of rotatable bonds is 6. The van der Waals surface area contributed by atoms with Gasteiger partial charge in [-0.15, -0.1) is 11.3 Å². The van der Waals surface area contributed by atoms with Crippen molar-refractivity contribution in [2.45, 2.75) is 42.8 Å². The highest BCUT2D eigenvalue weighted by Crippen LogP contribution is 2.25. The molecule has 1 heterocycles. The van der Waals surface area contributed by atoms with E-state index in [0.29, 0.717) is 11.4 Å². The molecule has 2 N–H and O–H groups in total. The normalized spacial score (nSPS) is 23.9. The first-order valence-corrected chi connectivity index (χ1v) is 8.68. The highest BCUT2D eigenvalue weighted by molar-refractivity contribution is 7.89. The summed E-state index contributed by atoms with van der Waals surface area (Å²) in [5.74, 6) is 0. The molecule has 1 aliphatic rings. The van der Waals surface area contributed by atoms with Gasteiger partial charge in [0.25, 0.3) is 0 Å². The van der Waals surface area contributed by atoms with Crippen LogP contribution in [0.25, 0.3) is 0 Å². The quantitative estimate of drug-likeness (QED) is 0.831. The van der Waals surface area contributed by atoms with Crippen molar-refractivity contribution in [3.8, 4) is 0 Å². The Morgan fingerprint density at radius 2 is 2.26 bits per heavy atom. The predicted octanol–water partition coefficient (Wildman–Crippen LogP) is 1.31. The third-order valence-electron chi connectivity index (χ3n) is 3.33. The average Bonchev–Trinajstić information content (AvgIpc) is 2.98. The number of hydrogen-bond donors (Lipinski definition) is 2. The Labute approximate surface area is 118 Å². The molecule has 0 bridgehead atoms. The molecule has 1 aromatic rings. The summed E-state index contributed by atoms with van der Waals surface area (Å²) in [5.41, 5.74) is 0. The summed E-state index contributed by atoms with van der Waals surface area (Å²) in [6.45, 7) is 0.690. The highest BCUT2D eigenvalue weighted by Gasteiger charge is 2.29. The molecule has 0 aromatic carbocycles. The zero-order valence-electron chi connectivity index (χ0n) is 11.2. The van der Waals surface area contributed by atoms with E-state index in [1.54, 1.807) is 18.6 Å². The molecule has 0 radical (unpaired) electrons. The number of hydrogen-bond acceptors (Lipinski definition) is 5. The van der Waals surface area contributed by atoms with E-state index in [1.165, 1.54) is 11.3 Å². The van der Waals surface area contributed by atoms with E-state index in [0.717, 1.165) is 24.1 Å². The van der Waals surface area contributed by atoms with Crippen LogP contribution in [0.1, 0.15) is 24.1 Å². The van der Waals surface area contributed by atoms with Gasteiger partial charge in [-0.1, -0.05) is 0 Å². The Kier molecular flexibility index (Phi) is 4.97. The molecule has 108 valence electrons. The molecule has 1 aromatic heterocycles. The van der Waals surface area contributed by atoms with Crippen LogP contribution in [0.5, 0.6) is 0 Å². The number of thiophene rings is 1. The molecule has 0 aliphatic heterocycles. The first-order chi connectivity index (χ1) is 9.05. The second-order valence-corrected chi connectivity index (χ2v) is 7.48. The third kappa shape index (κ3) is 3.76. The second-order valence-electron chi connectivity index (χ2n) is 4.77. The molecule has 7 heteroatoms. The van der Waals surface area contributed by atoms with Crippen molar-refractivity contribution in [3.63, 3.8) is 0 Å². The molecule has 0 saturated heterocycles. The van der Waals surface area contributed by atoms with Gasteiger partial charge in [0, 0.05) is 30.0 Å². The summed E-state index contributed by atoms with van der Waals surface area (Å²) in [4.78, 5) is 1.38. The van der Waals surface area contributed by atoms with Gasteiger partial charge in [0.05, 0.1) is 11.0 Å². The van der Waals surface area contributed by atoms with Crippen molar-refractivity contribution >= 4 is 21.4 Å². The number of ether oxygens (including phenoxy) is 1. The molecular weight excluding hydrogens is 284 g/mol. The van der Waals surface area contributed by atoms with E-state index in [2.05, 4.69) is 10.0 Å². The molecule has 0 spiro atoms. The maximum absolute atomic E-state index is 12.2. The van der Waals surface area contributed by atoms with Crippen molar-refractivity contribution in [2.75, 3.05) is 14.2 Å². The summed E-state index contributed by atoms with van der Waals surface area (Å²) in [6.07, 6.45) is 2.68. The van der Waals surface area contributed by atoms with Crippen LogP contribution in [0.3, 0.4) is 0 Å². The van der Waals surface area contributed by atoms with E-state index in [4.69, 9.17) is 4.74 Å². The molecule has 5 nitrogen and oxygen atoms in total. The summed E-state index contributed by atoms with van der Waals surface area (Å²) < 4.78 is 32.5. The van der Waals surface area contributed by atoms with Crippen molar-refractivity contribution < 1.29 is 13.2 Å². The maximum Gasteiger partial charge on any atom is 0.241 e. The minimum Gasteiger partial charge on any atom is -0.381 e. The summed E-state index contributed by atoms with van der Waals surface area (Å²) in [5, 5.41) is 4.71. The Balaban J connectivity index is 2.01. The molecule has 2 atom stereocenters. The topological polar surface area (TPSA) is 67.4 Å². The van der Waals surface area contributed by atoms with Crippen molar-refractivity contribution in [2.24, 2.45) is 0 Å². The lowest BCUT2D eigenvalue weighted by Gasteiger charge is -2.12. The summed E-state index contributed by atoms with van der Waals surface area (Å²) in [6, 6.07) is 1.72. The van der Waals surface area contributed by atoms with Gasteiger partial charge in [-0.2, -0.15) is 0 Å². The molecule has 1 saturated carbocycles. The fraction of sp³-hybridized carbons (Fsp3) is 0.667. The van der Waals surface area contributed by atoms with Crippen molar-refractivity contribution in [1.29, 1.82) is 0 Å². The molecule has 2 unspecified atom stereocenters. The Morgan fingerprint density at radius 3 is 2.89 bits per heavy atom. The molecule has 19 heavy (non-hydrogen) atoms. The lowest BCUT2D eigenvalue weighted by molar-refractivity contribution is 0.107. The minimum atomic E-state index is -3.40. The Bertz CT molecular complexity index is 513. The number of methoxy groups -OCH3 is 1. The van der Waals surface area contributed by atoms with Gasteiger partial charge in [0.1, 0.15) is 0 Å². The van der Waals surface area contributed by atoms with Gasteiger partial charge in [0.2, 0.25) is 10.0 Å². The lowest BCUT2D eigenvalue weighted by Crippen LogP contribution is -2.33. The third-order valence-corrected chi connectivity index (χ3v) is 5.92. The van der Waals surface area contributed by atoms with Gasteiger partial charge in [-0.05, 0) is 32.4 Å². The van der Waals surface area contributed by atoms with Crippen LogP contribution in [0.15, 0.2) is 16.3 Å². The van der Waals surface area contributed by atoms with E-state index < -0.39 is 10.0 Å². The van der Waals surface area contributed by atoms with Crippen LogP contribution in [0, 0.1) is 0 Å². The summed E-state index contributed by atoms with van der Waals surface area (Å²) in [7, 11) is 0.118. The molecular formula is C12H20N2O3S2. The van der Waals surface area contributed by atoms with Gasteiger partial charge in [-0.25, -0.2) is 13.1 Å². The fourth-order valence-electron chi connectivity index (χ4n) is 2.32. The summed E-state index contributed by atoms with van der Waals surface area (Å²) >= 11 is 1.46. The average molecular weight is 304 g/mol. The minimum absolute atomic E-state index is 0.0115. The molecule has 1 aliphatic carbocycles. The second kappa shape index (κ2) is 6.32. The highest BCUT2D eigenvalue weighted by atomic mass is 32.2. The van der Waals surface area contributed by atoms with Crippen molar-refractivity contribution in [3.05, 3.63) is 16.3 Å². The van der Waals surface area contributed by atoms with Crippen LogP contribution >= 0.6 is 11.3 Å². The number of nitrogens with one attached hydrogen (secondary N) is 2. The van der Waals surface area contributed by atoms with Crippen LogP contribution < -0.4 is 10.0 Å².